The van der Waals surface area contributed by atoms with Crippen LogP contribution in [-0.4, -0.2) is 42.5 Å². The Hall–Kier alpha value is -1.10. The van der Waals surface area contributed by atoms with Crippen molar-refractivity contribution in [3.8, 4) is 0 Å². The first-order valence-electron chi connectivity index (χ1n) is 7.62. The molecule has 1 saturated carbocycles. The summed E-state index contributed by atoms with van der Waals surface area (Å²) in [5.74, 6) is 0.367. The van der Waals surface area contributed by atoms with Crippen LogP contribution in [0.5, 0.6) is 0 Å². The maximum atomic E-state index is 12.7. The average Bonchev–Trinajstić information content (AvgIpc) is 2.45. The topological polar surface area (TPSA) is 72.6 Å². The first kappa shape index (κ1) is 15.3. The maximum Gasteiger partial charge on any atom is 0.308 e. The maximum absolute atomic E-state index is 12.7. The van der Waals surface area contributed by atoms with Gasteiger partial charge in [-0.05, 0) is 31.6 Å². The Labute approximate surface area is 120 Å². The summed E-state index contributed by atoms with van der Waals surface area (Å²) >= 11 is 0. The molecular weight excluding hydrogens is 256 g/mol. The molecule has 1 heterocycles. The smallest absolute Gasteiger partial charge is 0.308 e. The molecule has 2 fully saturated rings. The Bertz CT molecular complexity index is 377. The summed E-state index contributed by atoms with van der Waals surface area (Å²) in [5, 5.41) is 0. The van der Waals surface area contributed by atoms with E-state index in [0.29, 0.717) is 31.8 Å². The van der Waals surface area contributed by atoms with Gasteiger partial charge >= 0.3 is 5.97 Å². The van der Waals surface area contributed by atoms with E-state index in [9.17, 15) is 9.59 Å². The molecule has 114 valence electrons. The van der Waals surface area contributed by atoms with Crippen molar-refractivity contribution in [1.29, 1.82) is 0 Å². The summed E-state index contributed by atoms with van der Waals surface area (Å²) < 4.78 is 4.77. The monoisotopic (exact) mass is 282 g/mol. The first-order chi connectivity index (χ1) is 9.46. The van der Waals surface area contributed by atoms with Crippen molar-refractivity contribution in [2.45, 2.75) is 51.0 Å². The second-order valence-electron chi connectivity index (χ2n) is 6.45. The molecule has 0 bridgehead atoms. The molecule has 2 rings (SSSR count). The van der Waals surface area contributed by atoms with Gasteiger partial charge in [-0.2, -0.15) is 0 Å². The molecule has 1 amide bonds. The molecule has 5 heteroatoms. The number of nitrogens with zero attached hydrogens (tertiary/aromatic N) is 1. The normalized spacial score (nSPS) is 31.9. The second kappa shape index (κ2) is 6.12. The summed E-state index contributed by atoms with van der Waals surface area (Å²) in [7, 11) is 1.41. The lowest BCUT2D eigenvalue weighted by molar-refractivity contribution is -0.150. The summed E-state index contributed by atoms with van der Waals surface area (Å²) in [6.45, 7) is 3.40. The number of methoxy groups -OCH3 is 1. The SMILES string of the molecule is COC(=O)C1CCN(C(=O)C2(N)CCCC(C)C2)CC1. The van der Waals surface area contributed by atoms with E-state index in [4.69, 9.17) is 10.5 Å². The number of ether oxygens (including phenoxy) is 1. The van der Waals surface area contributed by atoms with Crippen LogP contribution in [0.25, 0.3) is 0 Å². The second-order valence-corrected chi connectivity index (χ2v) is 6.45. The van der Waals surface area contributed by atoms with Gasteiger partial charge in [0.25, 0.3) is 0 Å². The number of carbonyl (C=O) groups is 2. The molecule has 5 nitrogen and oxygen atoms in total. The zero-order chi connectivity index (χ0) is 14.8. The van der Waals surface area contributed by atoms with Gasteiger partial charge in [-0.1, -0.05) is 19.8 Å². The van der Waals surface area contributed by atoms with Crippen molar-refractivity contribution in [1.82, 2.24) is 4.90 Å². The molecule has 0 radical (unpaired) electrons. The highest BCUT2D eigenvalue weighted by molar-refractivity contribution is 5.86. The standard InChI is InChI=1S/C15H26N2O3/c1-11-4-3-7-15(16,10-11)14(19)17-8-5-12(6-9-17)13(18)20-2/h11-12H,3-10,16H2,1-2H3. The molecule has 1 aliphatic carbocycles. The van der Waals surface area contributed by atoms with E-state index in [1.165, 1.54) is 7.11 Å². The molecule has 0 aromatic heterocycles. The number of esters is 1. The predicted octanol–water partition coefficient (Wildman–Crippen LogP) is 1.31. The number of hydrogen-bond acceptors (Lipinski definition) is 4. The van der Waals surface area contributed by atoms with E-state index in [1.807, 2.05) is 4.90 Å². The lowest BCUT2D eigenvalue weighted by Crippen LogP contribution is -2.58. The van der Waals surface area contributed by atoms with Crippen LogP contribution in [0.2, 0.25) is 0 Å². The molecular formula is C15H26N2O3. The van der Waals surface area contributed by atoms with Crippen LogP contribution in [0.15, 0.2) is 0 Å². The third-order valence-electron chi connectivity index (χ3n) is 4.78. The van der Waals surface area contributed by atoms with E-state index in [2.05, 4.69) is 6.92 Å². The van der Waals surface area contributed by atoms with E-state index in [-0.39, 0.29) is 17.8 Å². The number of rotatable bonds is 2. The Morgan fingerprint density at radius 1 is 1.25 bits per heavy atom. The number of piperidine rings is 1. The molecule has 0 spiro atoms. The predicted molar refractivity (Wildman–Crippen MR) is 75.9 cm³/mol. The fourth-order valence-electron chi connectivity index (χ4n) is 3.59. The van der Waals surface area contributed by atoms with Crippen LogP contribution in [0.3, 0.4) is 0 Å². The van der Waals surface area contributed by atoms with Crippen LogP contribution < -0.4 is 5.73 Å². The van der Waals surface area contributed by atoms with E-state index < -0.39 is 5.54 Å². The lowest BCUT2D eigenvalue weighted by Gasteiger charge is -2.41. The van der Waals surface area contributed by atoms with Gasteiger partial charge in [0.15, 0.2) is 0 Å². The molecule has 2 aliphatic rings. The summed E-state index contributed by atoms with van der Waals surface area (Å²) in [4.78, 5) is 26.0. The molecule has 2 unspecified atom stereocenters. The van der Waals surface area contributed by atoms with Crippen LogP contribution in [-0.2, 0) is 14.3 Å². The quantitative estimate of drug-likeness (QED) is 0.775. The Kier molecular flexibility index (Phi) is 4.68. The van der Waals surface area contributed by atoms with Crippen LogP contribution in [0, 0.1) is 11.8 Å². The molecule has 0 aromatic rings. The lowest BCUT2D eigenvalue weighted by atomic mass is 9.76. The van der Waals surface area contributed by atoms with Crippen molar-refractivity contribution in [3.63, 3.8) is 0 Å². The van der Waals surface area contributed by atoms with E-state index in [0.717, 1.165) is 25.7 Å². The number of carbonyl (C=O) groups excluding carboxylic acids is 2. The minimum absolute atomic E-state index is 0.0666. The highest BCUT2D eigenvalue weighted by Gasteiger charge is 2.41. The van der Waals surface area contributed by atoms with Gasteiger partial charge in [0.1, 0.15) is 0 Å². The number of amides is 1. The van der Waals surface area contributed by atoms with Crippen molar-refractivity contribution in [3.05, 3.63) is 0 Å². The Morgan fingerprint density at radius 2 is 1.90 bits per heavy atom. The highest BCUT2D eigenvalue weighted by atomic mass is 16.5. The van der Waals surface area contributed by atoms with E-state index in [1.54, 1.807) is 0 Å². The van der Waals surface area contributed by atoms with Crippen molar-refractivity contribution in [2.75, 3.05) is 20.2 Å². The fraction of sp³-hybridized carbons (Fsp3) is 0.867. The number of likely N-dealkylation sites (tertiary alicyclic amines) is 1. The largest absolute Gasteiger partial charge is 0.469 e. The van der Waals surface area contributed by atoms with Crippen molar-refractivity contribution < 1.29 is 14.3 Å². The average molecular weight is 282 g/mol. The molecule has 2 N–H and O–H groups in total. The zero-order valence-corrected chi connectivity index (χ0v) is 12.6. The third kappa shape index (κ3) is 3.14. The van der Waals surface area contributed by atoms with Gasteiger partial charge in [0.05, 0.1) is 18.6 Å². The van der Waals surface area contributed by atoms with Crippen LogP contribution >= 0.6 is 0 Å². The van der Waals surface area contributed by atoms with Gasteiger partial charge < -0.3 is 15.4 Å². The Morgan fingerprint density at radius 3 is 2.45 bits per heavy atom. The molecule has 1 aliphatic heterocycles. The highest BCUT2D eigenvalue weighted by Crippen LogP contribution is 2.32. The minimum Gasteiger partial charge on any atom is -0.469 e. The zero-order valence-electron chi connectivity index (χ0n) is 12.6. The van der Waals surface area contributed by atoms with Crippen molar-refractivity contribution >= 4 is 11.9 Å². The van der Waals surface area contributed by atoms with Gasteiger partial charge in [-0.25, -0.2) is 0 Å². The van der Waals surface area contributed by atoms with Crippen LogP contribution in [0.1, 0.15) is 45.4 Å². The summed E-state index contributed by atoms with van der Waals surface area (Å²) in [6, 6.07) is 0. The molecule has 2 atom stereocenters. The van der Waals surface area contributed by atoms with Gasteiger partial charge in [0.2, 0.25) is 5.91 Å². The van der Waals surface area contributed by atoms with Crippen molar-refractivity contribution in [2.24, 2.45) is 17.6 Å². The first-order valence-corrected chi connectivity index (χ1v) is 7.62. The Balaban J connectivity index is 1.93. The van der Waals surface area contributed by atoms with Crippen LogP contribution in [0.4, 0.5) is 0 Å². The minimum atomic E-state index is -0.685. The molecule has 20 heavy (non-hydrogen) atoms. The molecule has 1 saturated heterocycles. The van der Waals surface area contributed by atoms with Gasteiger partial charge in [-0.3, -0.25) is 9.59 Å². The number of nitrogens with two attached hydrogens (primary N) is 1. The summed E-state index contributed by atoms with van der Waals surface area (Å²) in [6.07, 6.45) is 5.13. The fourth-order valence-corrected chi connectivity index (χ4v) is 3.59. The third-order valence-corrected chi connectivity index (χ3v) is 4.78. The molecule has 0 aromatic carbocycles. The summed E-state index contributed by atoms with van der Waals surface area (Å²) in [5.41, 5.74) is 5.68. The number of hydrogen-bond donors (Lipinski definition) is 1. The van der Waals surface area contributed by atoms with E-state index >= 15 is 0 Å². The van der Waals surface area contributed by atoms with Gasteiger partial charge in [-0.15, -0.1) is 0 Å². The van der Waals surface area contributed by atoms with Gasteiger partial charge in [0, 0.05) is 13.1 Å².